The van der Waals surface area contributed by atoms with Crippen molar-refractivity contribution in [3.05, 3.63) is 0 Å². The topological polar surface area (TPSA) is 87.7 Å². The Labute approximate surface area is 122 Å². The summed E-state index contributed by atoms with van der Waals surface area (Å²) in [6.07, 6.45) is 6.20. The highest BCUT2D eigenvalue weighted by molar-refractivity contribution is 6.02. The number of rotatable bonds is 6. The number of nitrogens with two attached hydrogens (primary N) is 1. The lowest BCUT2D eigenvalue weighted by Crippen LogP contribution is -2.42. The van der Waals surface area contributed by atoms with Crippen molar-refractivity contribution in [1.29, 1.82) is 0 Å². The van der Waals surface area contributed by atoms with Crippen molar-refractivity contribution in [3.8, 4) is 0 Å². The second-order valence-electron chi connectivity index (χ2n) is 6.46. The molecule has 0 heterocycles. The molecule has 20 heavy (non-hydrogen) atoms. The average Bonchev–Trinajstić information content (AvgIpc) is 2.38. The van der Waals surface area contributed by atoms with Gasteiger partial charge in [0.15, 0.2) is 5.84 Å². The van der Waals surface area contributed by atoms with Crippen LogP contribution in [0.3, 0.4) is 0 Å². The van der Waals surface area contributed by atoms with Gasteiger partial charge >= 0.3 is 0 Å². The van der Waals surface area contributed by atoms with Crippen molar-refractivity contribution >= 4 is 11.7 Å². The summed E-state index contributed by atoms with van der Waals surface area (Å²) in [6.45, 7) is 6.77. The van der Waals surface area contributed by atoms with Gasteiger partial charge in [-0.05, 0) is 30.6 Å². The van der Waals surface area contributed by atoms with E-state index >= 15 is 0 Å². The monoisotopic (exact) mass is 283 g/mol. The highest BCUT2D eigenvalue weighted by atomic mass is 16.4. The van der Waals surface area contributed by atoms with Crippen LogP contribution in [0.25, 0.3) is 0 Å². The quantitative estimate of drug-likeness (QED) is 0.302. The molecule has 0 bridgehead atoms. The van der Waals surface area contributed by atoms with Gasteiger partial charge in [-0.25, -0.2) is 0 Å². The molecule has 3 atom stereocenters. The molecule has 0 saturated heterocycles. The zero-order valence-electron chi connectivity index (χ0n) is 12.9. The van der Waals surface area contributed by atoms with Crippen LogP contribution in [0.4, 0.5) is 0 Å². The molecule has 1 saturated carbocycles. The maximum absolute atomic E-state index is 12.1. The Hall–Kier alpha value is -1.26. The molecule has 0 radical (unpaired) electrons. The van der Waals surface area contributed by atoms with E-state index in [-0.39, 0.29) is 17.7 Å². The summed E-state index contributed by atoms with van der Waals surface area (Å²) in [5.41, 5.74) is 5.59. The lowest BCUT2D eigenvalue weighted by molar-refractivity contribution is -0.124. The summed E-state index contributed by atoms with van der Waals surface area (Å²) in [6, 6.07) is 0. The van der Waals surface area contributed by atoms with Crippen LogP contribution >= 0.6 is 0 Å². The van der Waals surface area contributed by atoms with Gasteiger partial charge < -0.3 is 16.3 Å². The number of carbonyl (C=O) groups is 1. The summed E-state index contributed by atoms with van der Waals surface area (Å²) >= 11 is 0. The predicted molar refractivity (Wildman–Crippen MR) is 80.5 cm³/mol. The molecule has 1 rings (SSSR count). The maximum atomic E-state index is 12.1. The third-order valence-corrected chi connectivity index (χ3v) is 4.28. The van der Waals surface area contributed by atoms with E-state index in [1.54, 1.807) is 0 Å². The zero-order chi connectivity index (χ0) is 15.1. The SMILES string of the molecule is CC1CCCC(CCNC(=O)C(C(N)=NO)C(C)C)C1. The largest absolute Gasteiger partial charge is 0.409 e. The number of amidine groups is 1. The lowest BCUT2D eigenvalue weighted by atomic mass is 9.81. The second-order valence-corrected chi connectivity index (χ2v) is 6.46. The number of hydrogen-bond donors (Lipinski definition) is 3. The summed E-state index contributed by atoms with van der Waals surface area (Å²) in [4.78, 5) is 12.1. The van der Waals surface area contributed by atoms with E-state index in [1.807, 2.05) is 13.8 Å². The second kappa shape index (κ2) is 8.12. The van der Waals surface area contributed by atoms with Gasteiger partial charge in [-0.15, -0.1) is 0 Å². The fraction of sp³-hybridized carbons (Fsp3) is 0.867. The number of amides is 1. The number of nitrogens with one attached hydrogen (secondary N) is 1. The van der Waals surface area contributed by atoms with Crippen LogP contribution < -0.4 is 11.1 Å². The fourth-order valence-corrected chi connectivity index (χ4v) is 3.17. The smallest absolute Gasteiger partial charge is 0.231 e. The van der Waals surface area contributed by atoms with Gasteiger partial charge in [-0.3, -0.25) is 4.79 Å². The Bertz CT molecular complexity index is 342. The van der Waals surface area contributed by atoms with E-state index in [0.29, 0.717) is 6.54 Å². The van der Waals surface area contributed by atoms with E-state index in [2.05, 4.69) is 17.4 Å². The molecule has 4 N–H and O–H groups in total. The van der Waals surface area contributed by atoms with E-state index in [0.717, 1.165) is 18.3 Å². The summed E-state index contributed by atoms with van der Waals surface area (Å²) in [7, 11) is 0. The Morgan fingerprint density at radius 3 is 2.70 bits per heavy atom. The van der Waals surface area contributed by atoms with Crippen molar-refractivity contribution in [2.24, 2.45) is 34.6 Å². The minimum Gasteiger partial charge on any atom is -0.409 e. The van der Waals surface area contributed by atoms with E-state index in [4.69, 9.17) is 10.9 Å². The fourth-order valence-electron chi connectivity index (χ4n) is 3.17. The Morgan fingerprint density at radius 1 is 1.45 bits per heavy atom. The molecule has 0 aromatic carbocycles. The van der Waals surface area contributed by atoms with Crippen LogP contribution in [0.5, 0.6) is 0 Å². The lowest BCUT2D eigenvalue weighted by Gasteiger charge is -2.27. The van der Waals surface area contributed by atoms with Crippen LogP contribution in [0, 0.1) is 23.7 Å². The highest BCUT2D eigenvalue weighted by Crippen LogP contribution is 2.30. The molecule has 1 aliphatic rings. The molecule has 1 amide bonds. The van der Waals surface area contributed by atoms with Crippen molar-refractivity contribution in [1.82, 2.24) is 5.32 Å². The Kier molecular flexibility index (Phi) is 6.82. The first-order chi connectivity index (χ1) is 9.45. The van der Waals surface area contributed by atoms with Crippen molar-refractivity contribution in [2.75, 3.05) is 6.54 Å². The van der Waals surface area contributed by atoms with Gasteiger partial charge in [-0.1, -0.05) is 45.2 Å². The minimum atomic E-state index is -0.551. The van der Waals surface area contributed by atoms with E-state index in [9.17, 15) is 4.79 Å². The molecular formula is C15H29N3O2. The van der Waals surface area contributed by atoms with Crippen molar-refractivity contribution < 1.29 is 10.0 Å². The highest BCUT2D eigenvalue weighted by Gasteiger charge is 2.26. The zero-order valence-corrected chi connectivity index (χ0v) is 12.9. The van der Waals surface area contributed by atoms with E-state index < -0.39 is 5.92 Å². The molecule has 116 valence electrons. The molecule has 3 unspecified atom stereocenters. The first-order valence-electron chi connectivity index (χ1n) is 7.70. The maximum Gasteiger partial charge on any atom is 0.231 e. The third kappa shape index (κ3) is 5.02. The summed E-state index contributed by atoms with van der Waals surface area (Å²) in [5.74, 6) is 0.847. The molecular weight excluding hydrogens is 254 g/mol. The minimum absolute atomic E-state index is 0.0104. The molecule has 5 heteroatoms. The van der Waals surface area contributed by atoms with Crippen LogP contribution in [0.1, 0.15) is 52.9 Å². The number of carbonyl (C=O) groups excluding carboxylic acids is 1. The van der Waals surface area contributed by atoms with Gasteiger partial charge in [0.05, 0.1) is 0 Å². The third-order valence-electron chi connectivity index (χ3n) is 4.28. The first kappa shape index (κ1) is 16.8. The molecule has 0 spiro atoms. The van der Waals surface area contributed by atoms with Crippen LogP contribution in [0.2, 0.25) is 0 Å². The number of oxime groups is 1. The van der Waals surface area contributed by atoms with Crippen LogP contribution in [-0.2, 0) is 4.79 Å². The molecule has 5 nitrogen and oxygen atoms in total. The number of hydrogen-bond acceptors (Lipinski definition) is 3. The first-order valence-corrected chi connectivity index (χ1v) is 7.70. The Balaban J connectivity index is 2.38. The van der Waals surface area contributed by atoms with Crippen molar-refractivity contribution in [3.63, 3.8) is 0 Å². The van der Waals surface area contributed by atoms with Crippen molar-refractivity contribution in [2.45, 2.75) is 52.9 Å². The summed E-state index contributed by atoms with van der Waals surface area (Å²) < 4.78 is 0. The van der Waals surface area contributed by atoms with Gasteiger partial charge in [0.2, 0.25) is 5.91 Å². The van der Waals surface area contributed by atoms with Gasteiger partial charge in [-0.2, -0.15) is 0 Å². The van der Waals surface area contributed by atoms with Gasteiger partial charge in [0.1, 0.15) is 5.92 Å². The normalized spacial score (nSPS) is 25.5. The van der Waals surface area contributed by atoms with Gasteiger partial charge in [0.25, 0.3) is 0 Å². The van der Waals surface area contributed by atoms with E-state index in [1.165, 1.54) is 25.7 Å². The average molecular weight is 283 g/mol. The molecule has 1 aliphatic carbocycles. The van der Waals surface area contributed by atoms with Gasteiger partial charge in [0, 0.05) is 6.54 Å². The number of nitrogens with zero attached hydrogens (tertiary/aromatic N) is 1. The standard InChI is InChI=1S/C15H29N3O2/c1-10(2)13(14(16)18-20)15(19)17-8-7-12-6-4-5-11(3)9-12/h10-13,20H,4-9H2,1-3H3,(H2,16,18)(H,17,19). The molecule has 0 aliphatic heterocycles. The van der Waals surface area contributed by atoms with Crippen LogP contribution in [-0.4, -0.2) is 23.5 Å². The van der Waals surface area contributed by atoms with Crippen LogP contribution in [0.15, 0.2) is 5.16 Å². The molecule has 0 aromatic rings. The molecule has 1 fully saturated rings. The summed E-state index contributed by atoms with van der Waals surface area (Å²) in [5, 5.41) is 14.6. The molecule has 0 aromatic heterocycles. The predicted octanol–water partition coefficient (Wildman–Crippen LogP) is 2.34. The Morgan fingerprint density at radius 2 is 2.15 bits per heavy atom.